The largest absolute Gasteiger partial charge is 0.451 e. The predicted molar refractivity (Wildman–Crippen MR) is 105 cm³/mol. The summed E-state index contributed by atoms with van der Waals surface area (Å²) < 4.78 is 5.10. The third-order valence-corrected chi connectivity index (χ3v) is 4.76. The Balaban J connectivity index is 1.84. The highest BCUT2D eigenvalue weighted by Gasteiger charge is 2.22. The van der Waals surface area contributed by atoms with Crippen LogP contribution in [0.5, 0.6) is 0 Å². The van der Waals surface area contributed by atoms with Gasteiger partial charge in [-0.1, -0.05) is 60.7 Å². The van der Waals surface area contributed by atoms with Gasteiger partial charge in [0.25, 0.3) is 5.91 Å². The van der Waals surface area contributed by atoms with Gasteiger partial charge in [-0.05, 0) is 0 Å². The van der Waals surface area contributed by atoms with Crippen molar-refractivity contribution >= 4 is 29.1 Å². The van der Waals surface area contributed by atoms with E-state index in [1.54, 1.807) is 0 Å². The zero-order chi connectivity index (χ0) is 19.9. The van der Waals surface area contributed by atoms with Gasteiger partial charge in [0.15, 0.2) is 6.61 Å². The number of esters is 1. The summed E-state index contributed by atoms with van der Waals surface area (Å²) in [6.45, 7) is -0.830. The number of hydrogen-bond acceptors (Lipinski definition) is 6. The van der Waals surface area contributed by atoms with Crippen LogP contribution in [0.25, 0.3) is 21.8 Å². The maximum Gasteiger partial charge on any atom is 0.351 e. The van der Waals surface area contributed by atoms with E-state index in [2.05, 4.69) is 10.3 Å². The summed E-state index contributed by atoms with van der Waals surface area (Å²) in [5.41, 5.74) is 7.10. The maximum absolute atomic E-state index is 12.6. The second kappa shape index (κ2) is 8.92. The molecule has 1 heterocycles. The van der Waals surface area contributed by atoms with Gasteiger partial charge < -0.3 is 15.8 Å². The summed E-state index contributed by atoms with van der Waals surface area (Å²) in [5.74, 6) is -1.95. The van der Waals surface area contributed by atoms with E-state index in [0.29, 0.717) is 15.6 Å². The third kappa shape index (κ3) is 4.80. The van der Waals surface area contributed by atoms with E-state index < -0.39 is 24.4 Å². The van der Waals surface area contributed by atoms with Crippen LogP contribution in [-0.4, -0.2) is 35.9 Å². The summed E-state index contributed by atoms with van der Waals surface area (Å²) >= 11 is 1.19. The van der Waals surface area contributed by atoms with E-state index >= 15 is 0 Å². The van der Waals surface area contributed by atoms with Gasteiger partial charge in [0.1, 0.15) is 9.88 Å². The lowest BCUT2D eigenvalue weighted by atomic mass is 10.1. The fourth-order valence-corrected chi connectivity index (χ4v) is 3.37. The Morgan fingerprint density at radius 2 is 1.57 bits per heavy atom. The molecule has 3 aromatic rings. The molecule has 0 spiro atoms. The molecular weight excluding hydrogens is 378 g/mol. The number of amides is 2. The Morgan fingerprint density at radius 1 is 0.964 bits per heavy atom. The highest BCUT2D eigenvalue weighted by molar-refractivity contribution is 7.17. The summed E-state index contributed by atoms with van der Waals surface area (Å²) in [4.78, 5) is 39.9. The Labute approximate surface area is 165 Å². The molecule has 0 saturated heterocycles. The molecule has 2 amide bonds. The molecule has 2 aromatic carbocycles. The fraction of sp³-hybridized carbons (Fsp3) is 0.100. The van der Waals surface area contributed by atoms with Gasteiger partial charge in [-0.2, -0.15) is 0 Å². The van der Waals surface area contributed by atoms with Crippen LogP contribution < -0.4 is 11.1 Å². The molecule has 0 radical (unpaired) electrons. The van der Waals surface area contributed by atoms with E-state index in [1.807, 2.05) is 60.7 Å². The lowest BCUT2D eigenvalue weighted by molar-refractivity contribution is -0.127. The SMILES string of the molecule is NC(=O)CNC(=O)COC(=O)c1sc(-c2ccccc2)nc1-c1ccccc1. The summed E-state index contributed by atoms with van der Waals surface area (Å²) in [7, 11) is 0. The van der Waals surface area contributed by atoms with Crippen LogP contribution in [0.2, 0.25) is 0 Å². The summed E-state index contributed by atoms with van der Waals surface area (Å²) in [5, 5.41) is 2.93. The van der Waals surface area contributed by atoms with Crippen LogP contribution in [0, 0.1) is 0 Å². The van der Waals surface area contributed by atoms with Crippen molar-refractivity contribution in [2.45, 2.75) is 0 Å². The van der Waals surface area contributed by atoms with Crippen LogP contribution in [0.4, 0.5) is 0 Å². The van der Waals surface area contributed by atoms with Gasteiger partial charge in [0.2, 0.25) is 5.91 Å². The molecule has 0 aliphatic rings. The number of benzene rings is 2. The van der Waals surface area contributed by atoms with E-state index in [1.165, 1.54) is 11.3 Å². The minimum absolute atomic E-state index is 0.299. The minimum atomic E-state index is -0.680. The molecule has 0 unspecified atom stereocenters. The molecule has 1 aromatic heterocycles. The number of aromatic nitrogens is 1. The predicted octanol–water partition coefficient (Wildman–Crippen LogP) is 2.24. The molecule has 0 aliphatic carbocycles. The van der Waals surface area contributed by atoms with Crippen molar-refractivity contribution < 1.29 is 19.1 Å². The summed E-state index contributed by atoms with van der Waals surface area (Å²) in [6, 6.07) is 18.7. The van der Waals surface area contributed by atoms with Gasteiger partial charge in [-0.3, -0.25) is 9.59 Å². The van der Waals surface area contributed by atoms with E-state index in [0.717, 1.165) is 11.1 Å². The molecule has 0 bridgehead atoms. The smallest absolute Gasteiger partial charge is 0.351 e. The molecule has 142 valence electrons. The second-order valence-corrected chi connectivity index (χ2v) is 6.75. The van der Waals surface area contributed by atoms with Crippen molar-refractivity contribution in [2.24, 2.45) is 5.73 Å². The molecule has 3 rings (SSSR count). The number of nitrogens with two attached hydrogens (primary N) is 1. The first-order chi connectivity index (χ1) is 13.5. The highest BCUT2D eigenvalue weighted by Crippen LogP contribution is 2.34. The molecule has 28 heavy (non-hydrogen) atoms. The molecule has 0 aliphatic heterocycles. The van der Waals surface area contributed by atoms with Crippen molar-refractivity contribution in [2.75, 3.05) is 13.2 Å². The second-order valence-electron chi connectivity index (χ2n) is 5.75. The monoisotopic (exact) mass is 395 g/mol. The lowest BCUT2D eigenvalue weighted by Crippen LogP contribution is -2.35. The highest BCUT2D eigenvalue weighted by atomic mass is 32.1. The molecular formula is C20H17N3O4S. The first kappa shape index (κ1) is 19.2. The number of ether oxygens (including phenoxy) is 1. The Hall–Kier alpha value is -3.52. The van der Waals surface area contributed by atoms with Crippen LogP contribution in [0.15, 0.2) is 60.7 Å². The third-order valence-electron chi connectivity index (χ3n) is 3.67. The Kier molecular flexibility index (Phi) is 6.13. The zero-order valence-corrected chi connectivity index (χ0v) is 15.6. The van der Waals surface area contributed by atoms with Gasteiger partial charge in [0.05, 0.1) is 12.2 Å². The van der Waals surface area contributed by atoms with Crippen molar-refractivity contribution in [1.82, 2.24) is 10.3 Å². The zero-order valence-electron chi connectivity index (χ0n) is 14.8. The van der Waals surface area contributed by atoms with Gasteiger partial charge in [-0.25, -0.2) is 9.78 Å². The number of carbonyl (C=O) groups excluding carboxylic acids is 3. The van der Waals surface area contributed by atoms with Gasteiger partial charge in [0, 0.05) is 11.1 Å². The number of nitrogens with zero attached hydrogens (tertiary/aromatic N) is 1. The number of rotatable bonds is 7. The molecule has 0 saturated carbocycles. The number of thiazole rings is 1. The van der Waals surface area contributed by atoms with Crippen LogP contribution in [0.1, 0.15) is 9.67 Å². The van der Waals surface area contributed by atoms with E-state index in [9.17, 15) is 14.4 Å². The van der Waals surface area contributed by atoms with Crippen molar-refractivity contribution in [3.05, 3.63) is 65.5 Å². The van der Waals surface area contributed by atoms with Crippen LogP contribution in [0.3, 0.4) is 0 Å². The quantitative estimate of drug-likeness (QED) is 0.596. The average Bonchev–Trinajstić information content (AvgIpc) is 3.17. The number of nitrogens with one attached hydrogen (secondary N) is 1. The fourth-order valence-electron chi connectivity index (χ4n) is 2.39. The molecule has 8 heteroatoms. The van der Waals surface area contributed by atoms with E-state index in [-0.39, 0.29) is 6.54 Å². The normalized spacial score (nSPS) is 10.3. The average molecular weight is 395 g/mol. The minimum Gasteiger partial charge on any atom is -0.451 e. The van der Waals surface area contributed by atoms with Crippen LogP contribution >= 0.6 is 11.3 Å². The number of primary amides is 1. The first-order valence-electron chi connectivity index (χ1n) is 8.38. The molecule has 0 atom stereocenters. The van der Waals surface area contributed by atoms with E-state index in [4.69, 9.17) is 10.5 Å². The van der Waals surface area contributed by atoms with Crippen molar-refractivity contribution in [3.8, 4) is 21.8 Å². The number of hydrogen-bond donors (Lipinski definition) is 2. The molecule has 0 fully saturated rings. The lowest BCUT2D eigenvalue weighted by Gasteiger charge is -2.05. The van der Waals surface area contributed by atoms with Crippen molar-refractivity contribution in [1.29, 1.82) is 0 Å². The standard InChI is InChI=1S/C20H17N3O4S/c21-15(24)11-22-16(25)12-27-20(26)18-17(13-7-3-1-4-8-13)23-19(28-18)14-9-5-2-6-10-14/h1-10H,11-12H2,(H2,21,24)(H,22,25). The topological polar surface area (TPSA) is 111 Å². The Morgan fingerprint density at radius 3 is 2.18 bits per heavy atom. The van der Waals surface area contributed by atoms with Gasteiger partial charge >= 0.3 is 5.97 Å². The van der Waals surface area contributed by atoms with Crippen molar-refractivity contribution in [3.63, 3.8) is 0 Å². The first-order valence-corrected chi connectivity index (χ1v) is 9.20. The van der Waals surface area contributed by atoms with Crippen LogP contribution in [-0.2, 0) is 14.3 Å². The Bertz CT molecular complexity index is 987. The summed E-state index contributed by atoms with van der Waals surface area (Å²) in [6.07, 6.45) is 0. The molecule has 7 nitrogen and oxygen atoms in total. The molecule has 3 N–H and O–H groups in total. The maximum atomic E-state index is 12.6. The number of carbonyl (C=O) groups is 3. The van der Waals surface area contributed by atoms with Gasteiger partial charge in [-0.15, -0.1) is 11.3 Å².